The van der Waals surface area contributed by atoms with E-state index in [0.717, 1.165) is 0 Å². The van der Waals surface area contributed by atoms with Gasteiger partial charge in [0.2, 0.25) is 11.9 Å². The highest BCUT2D eigenvalue weighted by Gasteiger charge is 2.30. The number of rotatable bonds is 5. The Bertz CT molecular complexity index is 435. The molecule has 1 amide bonds. The fourth-order valence-corrected chi connectivity index (χ4v) is 2.02. The van der Waals surface area contributed by atoms with Crippen molar-refractivity contribution in [3.05, 3.63) is 18.5 Å². The molecule has 2 N–H and O–H groups in total. The maximum atomic E-state index is 11.9. The molecule has 1 aliphatic rings. The van der Waals surface area contributed by atoms with Crippen molar-refractivity contribution in [3.63, 3.8) is 0 Å². The Morgan fingerprint density at radius 3 is 2.75 bits per heavy atom. The molecule has 1 fully saturated rings. The highest BCUT2D eigenvalue weighted by molar-refractivity contribution is 5.80. The van der Waals surface area contributed by atoms with Crippen molar-refractivity contribution in [2.24, 2.45) is 0 Å². The van der Waals surface area contributed by atoms with Gasteiger partial charge < -0.3 is 20.1 Å². The van der Waals surface area contributed by atoms with Crippen LogP contribution >= 0.6 is 0 Å². The van der Waals surface area contributed by atoms with Gasteiger partial charge in [-0.05, 0) is 6.07 Å². The second-order valence-electron chi connectivity index (χ2n) is 5.02. The van der Waals surface area contributed by atoms with E-state index in [-0.39, 0.29) is 19.0 Å². The number of aliphatic hydroxyl groups is 1. The largest absolute Gasteiger partial charge is 0.388 e. The van der Waals surface area contributed by atoms with E-state index in [1.807, 2.05) is 0 Å². The molecule has 1 aromatic heterocycles. The standard InChI is InChI=1S/C13H20N4O3/c1-17(12-14-5-2-6-15-12)9-11(18)16-10-13(19)3-7-20-8-4-13/h2,5-6,19H,3-4,7-10H2,1H3,(H,16,18). The molecule has 1 aromatic rings. The lowest BCUT2D eigenvalue weighted by Gasteiger charge is -2.32. The summed E-state index contributed by atoms with van der Waals surface area (Å²) < 4.78 is 5.20. The normalized spacial score (nSPS) is 17.5. The second kappa shape index (κ2) is 6.62. The van der Waals surface area contributed by atoms with Gasteiger partial charge >= 0.3 is 0 Å². The monoisotopic (exact) mass is 280 g/mol. The molecule has 20 heavy (non-hydrogen) atoms. The second-order valence-corrected chi connectivity index (χ2v) is 5.02. The summed E-state index contributed by atoms with van der Waals surface area (Å²) in [6.45, 7) is 1.46. The molecule has 0 unspecified atom stereocenters. The first-order valence-corrected chi connectivity index (χ1v) is 6.64. The number of nitrogens with zero attached hydrogens (tertiary/aromatic N) is 3. The van der Waals surface area contributed by atoms with Crippen LogP contribution in [0, 0.1) is 0 Å². The summed E-state index contributed by atoms with van der Waals surface area (Å²) >= 11 is 0. The number of hydrogen-bond acceptors (Lipinski definition) is 6. The zero-order chi connectivity index (χ0) is 14.4. The van der Waals surface area contributed by atoms with Gasteiger partial charge in [-0.2, -0.15) is 0 Å². The first kappa shape index (κ1) is 14.7. The first-order valence-electron chi connectivity index (χ1n) is 6.64. The van der Waals surface area contributed by atoms with Crippen LogP contribution in [0.3, 0.4) is 0 Å². The van der Waals surface area contributed by atoms with E-state index in [1.165, 1.54) is 0 Å². The minimum Gasteiger partial charge on any atom is -0.388 e. The van der Waals surface area contributed by atoms with E-state index in [0.29, 0.717) is 32.0 Å². The minimum atomic E-state index is -0.851. The fraction of sp³-hybridized carbons (Fsp3) is 0.615. The van der Waals surface area contributed by atoms with Crippen LogP contribution in [0.25, 0.3) is 0 Å². The SMILES string of the molecule is CN(CC(=O)NCC1(O)CCOCC1)c1ncccn1. The summed E-state index contributed by atoms with van der Waals surface area (Å²) in [5.41, 5.74) is -0.851. The molecule has 0 saturated carbocycles. The van der Waals surface area contributed by atoms with Crippen LogP contribution in [0.1, 0.15) is 12.8 Å². The van der Waals surface area contributed by atoms with E-state index in [2.05, 4.69) is 15.3 Å². The average Bonchev–Trinajstić information content (AvgIpc) is 2.47. The molecule has 0 bridgehead atoms. The molecule has 0 atom stereocenters. The lowest BCUT2D eigenvalue weighted by molar-refractivity contribution is -0.122. The maximum absolute atomic E-state index is 11.9. The Kier molecular flexibility index (Phi) is 4.86. The molecule has 110 valence electrons. The molecule has 0 aliphatic carbocycles. The van der Waals surface area contributed by atoms with Crippen LogP contribution in [0.15, 0.2) is 18.5 Å². The van der Waals surface area contributed by atoms with Crippen molar-refractivity contribution in [2.45, 2.75) is 18.4 Å². The molecule has 2 heterocycles. The van der Waals surface area contributed by atoms with E-state index in [1.54, 1.807) is 30.4 Å². The molecule has 7 heteroatoms. The number of hydrogen-bond donors (Lipinski definition) is 2. The Morgan fingerprint density at radius 2 is 2.10 bits per heavy atom. The summed E-state index contributed by atoms with van der Waals surface area (Å²) in [6, 6.07) is 1.72. The third-order valence-electron chi connectivity index (χ3n) is 3.31. The van der Waals surface area contributed by atoms with Gasteiger partial charge in [-0.25, -0.2) is 9.97 Å². The van der Waals surface area contributed by atoms with Gasteiger partial charge in [0.25, 0.3) is 0 Å². The summed E-state index contributed by atoms with van der Waals surface area (Å²) in [5, 5.41) is 13.0. The number of nitrogens with one attached hydrogen (secondary N) is 1. The average molecular weight is 280 g/mol. The first-order chi connectivity index (χ1) is 9.59. The van der Waals surface area contributed by atoms with Gasteiger partial charge in [-0.15, -0.1) is 0 Å². The van der Waals surface area contributed by atoms with E-state index >= 15 is 0 Å². The zero-order valence-electron chi connectivity index (χ0n) is 11.6. The number of carbonyl (C=O) groups excluding carboxylic acids is 1. The predicted molar refractivity (Wildman–Crippen MR) is 73.3 cm³/mol. The number of likely N-dealkylation sites (N-methyl/N-ethyl adjacent to an activating group) is 1. The van der Waals surface area contributed by atoms with Gasteiger partial charge in [0, 0.05) is 52.0 Å². The molecule has 7 nitrogen and oxygen atoms in total. The topological polar surface area (TPSA) is 87.6 Å². The maximum Gasteiger partial charge on any atom is 0.239 e. The lowest BCUT2D eigenvalue weighted by Crippen LogP contribution is -2.48. The molecular weight excluding hydrogens is 260 g/mol. The molecule has 0 spiro atoms. The van der Waals surface area contributed by atoms with Crippen LogP contribution in [0.2, 0.25) is 0 Å². The molecule has 2 rings (SSSR count). The van der Waals surface area contributed by atoms with Gasteiger partial charge in [-0.3, -0.25) is 4.79 Å². The van der Waals surface area contributed by atoms with Crippen LogP contribution < -0.4 is 10.2 Å². The van der Waals surface area contributed by atoms with Crippen LogP contribution in [-0.4, -0.2) is 59.9 Å². The Hall–Kier alpha value is -1.73. The van der Waals surface area contributed by atoms with Gasteiger partial charge in [0.15, 0.2) is 0 Å². The van der Waals surface area contributed by atoms with Crippen LogP contribution in [-0.2, 0) is 9.53 Å². The lowest BCUT2D eigenvalue weighted by atomic mass is 9.94. The highest BCUT2D eigenvalue weighted by atomic mass is 16.5. The summed E-state index contributed by atoms with van der Waals surface area (Å²) in [5.74, 6) is 0.326. The van der Waals surface area contributed by atoms with Crippen molar-refractivity contribution < 1.29 is 14.6 Å². The summed E-state index contributed by atoms with van der Waals surface area (Å²) in [6.07, 6.45) is 4.35. The molecule has 0 radical (unpaired) electrons. The van der Waals surface area contributed by atoms with Crippen molar-refractivity contribution >= 4 is 11.9 Å². The van der Waals surface area contributed by atoms with Crippen molar-refractivity contribution in [2.75, 3.05) is 38.3 Å². The molecule has 0 aromatic carbocycles. The van der Waals surface area contributed by atoms with E-state index in [9.17, 15) is 9.90 Å². The summed E-state index contributed by atoms with van der Waals surface area (Å²) in [7, 11) is 1.75. The fourth-order valence-electron chi connectivity index (χ4n) is 2.02. The third kappa shape index (κ3) is 4.14. The number of aromatic nitrogens is 2. The highest BCUT2D eigenvalue weighted by Crippen LogP contribution is 2.19. The quantitative estimate of drug-likeness (QED) is 0.761. The smallest absolute Gasteiger partial charge is 0.239 e. The van der Waals surface area contributed by atoms with Crippen molar-refractivity contribution in [1.29, 1.82) is 0 Å². The van der Waals surface area contributed by atoms with Crippen LogP contribution in [0.5, 0.6) is 0 Å². The number of carbonyl (C=O) groups is 1. The van der Waals surface area contributed by atoms with Crippen LogP contribution in [0.4, 0.5) is 5.95 Å². The Balaban J connectivity index is 1.78. The summed E-state index contributed by atoms with van der Waals surface area (Å²) in [4.78, 5) is 21.6. The molecule has 1 saturated heterocycles. The minimum absolute atomic E-state index is 0.149. The predicted octanol–water partition coefficient (Wildman–Crippen LogP) is -0.429. The van der Waals surface area contributed by atoms with Crippen molar-refractivity contribution in [3.8, 4) is 0 Å². The van der Waals surface area contributed by atoms with E-state index in [4.69, 9.17) is 4.74 Å². The Labute approximate surface area is 118 Å². The van der Waals surface area contributed by atoms with Gasteiger partial charge in [0.1, 0.15) is 0 Å². The zero-order valence-corrected chi connectivity index (χ0v) is 11.6. The van der Waals surface area contributed by atoms with Gasteiger partial charge in [-0.1, -0.05) is 0 Å². The number of amides is 1. The molecule has 1 aliphatic heterocycles. The van der Waals surface area contributed by atoms with E-state index < -0.39 is 5.60 Å². The van der Waals surface area contributed by atoms with Crippen molar-refractivity contribution in [1.82, 2.24) is 15.3 Å². The third-order valence-corrected chi connectivity index (χ3v) is 3.31. The number of anilines is 1. The van der Waals surface area contributed by atoms with Gasteiger partial charge in [0.05, 0.1) is 12.1 Å². The Morgan fingerprint density at radius 1 is 1.45 bits per heavy atom. The molecular formula is C13H20N4O3. The number of ether oxygens (including phenoxy) is 1.